The molecule has 146 valence electrons. The second kappa shape index (κ2) is 6.30. The first-order valence-corrected chi connectivity index (χ1v) is 10.6. The Kier molecular flexibility index (Phi) is 4.15. The van der Waals surface area contributed by atoms with Crippen LogP contribution in [0.25, 0.3) is 0 Å². The average molecular weight is 401 g/mol. The molecule has 0 aromatic heterocycles. The van der Waals surface area contributed by atoms with Crippen LogP contribution in [0.2, 0.25) is 0 Å². The number of fused-ring (bicyclic) bond motifs is 1. The molecule has 0 bridgehead atoms. The number of rotatable bonds is 3. The van der Waals surface area contributed by atoms with Gasteiger partial charge in [-0.05, 0) is 43.2 Å². The number of anilines is 2. The lowest BCUT2D eigenvalue weighted by atomic mass is 10.1. The quantitative estimate of drug-likeness (QED) is 0.447. The van der Waals surface area contributed by atoms with Crippen molar-refractivity contribution in [2.45, 2.75) is 25.9 Å². The standard InChI is InChI=1S/C19H19N3O5S/c1-12-6-13(2)8-16(7-12)21-18-11-28(26,27)10-17(18)20(19(21)23)14-4-3-5-15(9-14)22(24)25/h3-9,17-18H,10-11H2,1-2H3/t17-,18+/m1/s1. The van der Waals surface area contributed by atoms with Crippen LogP contribution in [0.15, 0.2) is 42.5 Å². The maximum atomic E-state index is 13.3. The fraction of sp³-hybridized carbons (Fsp3) is 0.316. The summed E-state index contributed by atoms with van der Waals surface area (Å²) in [4.78, 5) is 26.8. The Labute approximate surface area is 162 Å². The maximum Gasteiger partial charge on any atom is 0.329 e. The molecule has 2 aromatic rings. The second-order valence-electron chi connectivity index (χ2n) is 7.36. The minimum Gasteiger partial charge on any atom is -0.288 e. The van der Waals surface area contributed by atoms with Crippen LogP contribution in [0.4, 0.5) is 21.9 Å². The Morgan fingerprint density at radius 2 is 1.54 bits per heavy atom. The topological polar surface area (TPSA) is 101 Å². The molecule has 2 aliphatic rings. The Bertz CT molecular complexity index is 1080. The molecule has 2 aromatic carbocycles. The van der Waals surface area contributed by atoms with Gasteiger partial charge in [-0.3, -0.25) is 19.9 Å². The predicted molar refractivity (Wildman–Crippen MR) is 106 cm³/mol. The highest BCUT2D eigenvalue weighted by Crippen LogP contribution is 2.39. The molecule has 8 nitrogen and oxygen atoms in total. The van der Waals surface area contributed by atoms with Crippen LogP contribution < -0.4 is 9.80 Å². The van der Waals surface area contributed by atoms with Crippen molar-refractivity contribution >= 4 is 32.9 Å². The zero-order valence-corrected chi connectivity index (χ0v) is 16.2. The van der Waals surface area contributed by atoms with E-state index < -0.39 is 26.8 Å². The number of benzene rings is 2. The summed E-state index contributed by atoms with van der Waals surface area (Å²) < 4.78 is 24.7. The van der Waals surface area contributed by atoms with E-state index in [4.69, 9.17) is 0 Å². The molecule has 0 aliphatic carbocycles. The monoisotopic (exact) mass is 401 g/mol. The predicted octanol–water partition coefficient (Wildman–Crippen LogP) is 2.82. The van der Waals surface area contributed by atoms with Crippen LogP contribution in [0.5, 0.6) is 0 Å². The fourth-order valence-electron chi connectivity index (χ4n) is 4.15. The van der Waals surface area contributed by atoms with Gasteiger partial charge in [0.15, 0.2) is 9.84 Å². The molecule has 0 saturated carbocycles. The van der Waals surface area contributed by atoms with Crippen LogP contribution in [-0.4, -0.2) is 43.0 Å². The van der Waals surface area contributed by atoms with Crippen molar-refractivity contribution in [2.75, 3.05) is 21.3 Å². The van der Waals surface area contributed by atoms with Crippen molar-refractivity contribution in [3.8, 4) is 0 Å². The van der Waals surface area contributed by atoms with Crippen LogP contribution >= 0.6 is 0 Å². The summed E-state index contributed by atoms with van der Waals surface area (Å²) in [7, 11) is -3.33. The second-order valence-corrected chi connectivity index (χ2v) is 9.51. The largest absolute Gasteiger partial charge is 0.329 e. The van der Waals surface area contributed by atoms with E-state index in [0.29, 0.717) is 11.4 Å². The van der Waals surface area contributed by atoms with Gasteiger partial charge in [-0.25, -0.2) is 13.2 Å². The van der Waals surface area contributed by atoms with Gasteiger partial charge in [0.25, 0.3) is 5.69 Å². The molecule has 0 unspecified atom stereocenters. The minimum absolute atomic E-state index is 0.123. The maximum absolute atomic E-state index is 13.3. The lowest BCUT2D eigenvalue weighted by Gasteiger charge is -2.23. The number of nitro benzene ring substituents is 1. The van der Waals surface area contributed by atoms with E-state index in [1.807, 2.05) is 32.0 Å². The Hall–Kier alpha value is -2.94. The van der Waals surface area contributed by atoms with Crippen molar-refractivity contribution in [1.82, 2.24) is 0 Å². The van der Waals surface area contributed by atoms with Gasteiger partial charge in [-0.15, -0.1) is 0 Å². The van der Waals surface area contributed by atoms with Gasteiger partial charge < -0.3 is 0 Å². The SMILES string of the molecule is Cc1cc(C)cc(N2C(=O)N(c3cccc([N+](=O)[O-])c3)[C@@H]3CS(=O)(=O)C[C@@H]32)c1. The Morgan fingerprint density at radius 1 is 0.964 bits per heavy atom. The number of carbonyl (C=O) groups is 1. The van der Waals surface area contributed by atoms with Gasteiger partial charge in [0.1, 0.15) is 0 Å². The highest BCUT2D eigenvalue weighted by molar-refractivity contribution is 7.91. The number of non-ortho nitro benzene ring substituents is 1. The lowest BCUT2D eigenvalue weighted by molar-refractivity contribution is -0.384. The van der Waals surface area contributed by atoms with Crippen LogP contribution in [0.3, 0.4) is 0 Å². The molecule has 2 aliphatic heterocycles. The van der Waals surface area contributed by atoms with Crippen molar-refractivity contribution in [3.63, 3.8) is 0 Å². The molecule has 2 fully saturated rings. The summed E-state index contributed by atoms with van der Waals surface area (Å²) in [5, 5.41) is 11.1. The van der Waals surface area contributed by atoms with Crippen molar-refractivity contribution in [3.05, 3.63) is 63.7 Å². The highest BCUT2D eigenvalue weighted by Gasteiger charge is 2.54. The van der Waals surface area contributed by atoms with E-state index in [1.165, 1.54) is 28.0 Å². The van der Waals surface area contributed by atoms with Gasteiger partial charge in [0.05, 0.1) is 34.2 Å². The van der Waals surface area contributed by atoms with Crippen molar-refractivity contribution in [1.29, 1.82) is 0 Å². The van der Waals surface area contributed by atoms with Crippen molar-refractivity contribution in [2.24, 2.45) is 0 Å². The number of amides is 2. The summed E-state index contributed by atoms with van der Waals surface area (Å²) in [6.07, 6.45) is 0. The molecule has 28 heavy (non-hydrogen) atoms. The summed E-state index contributed by atoms with van der Waals surface area (Å²) in [5.74, 6) is -0.283. The molecule has 4 rings (SSSR count). The molecular formula is C19H19N3O5S. The average Bonchev–Trinajstić information content (AvgIpc) is 3.02. The molecule has 0 radical (unpaired) electrons. The third-order valence-electron chi connectivity index (χ3n) is 5.17. The van der Waals surface area contributed by atoms with Gasteiger partial charge in [-0.1, -0.05) is 12.1 Å². The fourth-order valence-corrected chi connectivity index (χ4v) is 6.07. The molecular weight excluding hydrogens is 382 g/mol. The number of carbonyl (C=O) groups excluding carboxylic acids is 1. The van der Waals surface area contributed by atoms with Crippen LogP contribution in [0, 0.1) is 24.0 Å². The van der Waals surface area contributed by atoms with Gasteiger partial charge in [0.2, 0.25) is 0 Å². The van der Waals surface area contributed by atoms with Crippen LogP contribution in [0.1, 0.15) is 11.1 Å². The van der Waals surface area contributed by atoms with Crippen LogP contribution in [-0.2, 0) is 9.84 Å². The molecule has 2 heterocycles. The normalized spacial score (nSPS) is 23.1. The molecule has 2 amide bonds. The summed E-state index contributed by atoms with van der Waals surface area (Å²) in [6.45, 7) is 3.83. The summed E-state index contributed by atoms with van der Waals surface area (Å²) in [6, 6.07) is 9.95. The third kappa shape index (κ3) is 3.01. The van der Waals surface area contributed by atoms with Crippen molar-refractivity contribution < 1.29 is 18.1 Å². The lowest BCUT2D eigenvalue weighted by Crippen LogP contribution is -2.38. The number of hydrogen-bond acceptors (Lipinski definition) is 5. The molecule has 9 heteroatoms. The smallest absolute Gasteiger partial charge is 0.288 e. The third-order valence-corrected chi connectivity index (χ3v) is 6.87. The number of hydrogen-bond donors (Lipinski definition) is 0. The molecule has 2 saturated heterocycles. The Morgan fingerprint density at radius 3 is 2.11 bits per heavy atom. The summed E-state index contributed by atoms with van der Waals surface area (Å²) >= 11 is 0. The number of aryl methyl sites for hydroxylation is 2. The highest BCUT2D eigenvalue weighted by atomic mass is 32.2. The molecule has 0 spiro atoms. The van der Waals surface area contributed by atoms with Gasteiger partial charge >= 0.3 is 6.03 Å². The van der Waals surface area contributed by atoms with E-state index in [0.717, 1.165) is 11.1 Å². The van der Waals surface area contributed by atoms with Gasteiger partial charge in [0, 0.05) is 17.8 Å². The molecule has 2 atom stereocenters. The molecule has 0 N–H and O–H groups in total. The number of urea groups is 1. The number of nitro groups is 1. The van der Waals surface area contributed by atoms with E-state index >= 15 is 0 Å². The number of nitrogens with zero attached hydrogens (tertiary/aromatic N) is 3. The summed E-state index contributed by atoms with van der Waals surface area (Å²) in [5.41, 5.74) is 2.76. The van der Waals surface area contributed by atoms with E-state index in [-0.39, 0.29) is 23.2 Å². The first kappa shape index (κ1) is 18.4. The first-order chi connectivity index (χ1) is 13.2. The first-order valence-electron chi connectivity index (χ1n) is 8.82. The van der Waals surface area contributed by atoms with E-state index in [9.17, 15) is 23.3 Å². The zero-order valence-electron chi connectivity index (χ0n) is 15.4. The van der Waals surface area contributed by atoms with Gasteiger partial charge in [-0.2, -0.15) is 0 Å². The zero-order chi connectivity index (χ0) is 20.2. The van der Waals surface area contributed by atoms with E-state index in [1.54, 1.807) is 6.07 Å². The Balaban J connectivity index is 1.83. The van der Waals surface area contributed by atoms with E-state index in [2.05, 4.69) is 0 Å². The number of sulfone groups is 1. The minimum atomic E-state index is -3.33.